The Morgan fingerprint density at radius 3 is 2.82 bits per heavy atom. The predicted octanol–water partition coefficient (Wildman–Crippen LogP) is 1.62. The number of hydrazine groups is 1. The van der Waals surface area contributed by atoms with Crippen LogP contribution in [0.4, 0.5) is 11.6 Å². The maximum absolute atomic E-state index is 5.40. The molecule has 0 aliphatic heterocycles. The number of nitrogens with one attached hydrogen (secondary N) is 2. The molecule has 0 spiro atoms. The molecule has 0 aliphatic rings. The van der Waals surface area contributed by atoms with Crippen molar-refractivity contribution in [1.82, 2.24) is 14.4 Å². The van der Waals surface area contributed by atoms with Gasteiger partial charge in [-0.3, -0.25) is 0 Å². The Balaban J connectivity index is 2.39. The van der Waals surface area contributed by atoms with Crippen LogP contribution in [-0.4, -0.2) is 20.4 Å². The summed E-state index contributed by atoms with van der Waals surface area (Å²) in [4.78, 5) is 8.68. The van der Waals surface area contributed by atoms with Crippen molar-refractivity contribution in [3.05, 3.63) is 18.6 Å². The number of hydrogen-bond donors (Lipinski definition) is 3. The molecule has 0 saturated heterocycles. The van der Waals surface area contributed by atoms with Crippen LogP contribution in [0, 0.1) is 0 Å². The molecule has 0 amide bonds. The molecule has 2 rings (SSSR count). The Kier molecular flexibility index (Phi) is 3.43. The first-order valence-corrected chi connectivity index (χ1v) is 5.85. The molecule has 0 saturated carbocycles. The minimum Gasteiger partial charge on any atom is -0.364 e. The topological polar surface area (TPSA) is 80.3 Å². The number of nitrogen functional groups attached to an aromatic ring is 1. The summed E-state index contributed by atoms with van der Waals surface area (Å²) in [5.41, 5.74) is 3.37. The molecule has 6 heteroatoms. The third-order valence-corrected chi connectivity index (χ3v) is 2.85. The molecular weight excluding hydrogens is 216 g/mol. The molecule has 0 atom stereocenters. The highest BCUT2D eigenvalue weighted by molar-refractivity contribution is 5.65. The van der Waals surface area contributed by atoms with Crippen LogP contribution in [0.15, 0.2) is 18.6 Å². The fourth-order valence-corrected chi connectivity index (χ4v) is 1.78. The van der Waals surface area contributed by atoms with Crippen molar-refractivity contribution in [2.75, 3.05) is 10.7 Å². The van der Waals surface area contributed by atoms with Crippen molar-refractivity contribution in [3.63, 3.8) is 0 Å². The lowest BCUT2D eigenvalue weighted by Crippen LogP contribution is -2.19. The Morgan fingerprint density at radius 2 is 2.18 bits per heavy atom. The van der Waals surface area contributed by atoms with Crippen LogP contribution >= 0.6 is 0 Å². The maximum Gasteiger partial charge on any atom is 0.180 e. The molecule has 0 radical (unpaired) electrons. The van der Waals surface area contributed by atoms with Crippen LogP contribution in [0.2, 0.25) is 0 Å². The summed E-state index contributed by atoms with van der Waals surface area (Å²) in [6, 6.07) is 0.399. The highest BCUT2D eigenvalue weighted by Gasteiger charge is 2.10. The summed E-state index contributed by atoms with van der Waals surface area (Å²) in [5, 5.41) is 3.39. The maximum atomic E-state index is 5.40. The van der Waals surface area contributed by atoms with Crippen molar-refractivity contribution in [1.29, 1.82) is 0 Å². The van der Waals surface area contributed by atoms with Crippen LogP contribution in [-0.2, 0) is 0 Å². The molecule has 92 valence electrons. The molecule has 2 aromatic heterocycles. The third kappa shape index (κ3) is 2.31. The zero-order valence-electron chi connectivity index (χ0n) is 10.1. The van der Waals surface area contributed by atoms with E-state index in [0.29, 0.717) is 11.9 Å². The summed E-state index contributed by atoms with van der Waals surface area (Å²) >= 11 is 0. The average molecular weight is 234 g/mol. The molecule has 4 N–H and O–H groups in total. The van der Waals surface area contributed by atoms with Crippen LogP contribution in [0.25, 0.3) is 5.65 Å². The van der Waals surface area contributed by atoms with Gasteiger partial charge in [0.1, 0.15) is 0 Å². The smallest absolute Gasteiger partial charge is 0.180 e. The van der Waals surface area contributed by atoms with E-state index in [-0.39, 0.29) is 0 Å². The van der Waals surface area contributed by atoms with Crippen LogP contribution in [0.1, 0.15) is 26.7 Å². The number of imidazole rings is 1. The SMILES string of the molecule is CCC(CC)Nc1nc(NN)cn2ccnc12. The fourth-order valence-electron chi connectivity index (χ4n) is 1.78. The van der Waals surface area contributed by atoms with Gasteiger partial charge in [-0.05, 0) is 12.8 Å². The van der Waals surface area contributed by atoms with Crippen molar-refractivity contribution < 1.29 is 0 Å². The van der Waals surface area contributed by atoms with Crippen LogP contribution < -0.4 is 16.6 Å². The molecule has 0 aromatic carbocycles. The van der Waals surface area contributed by atoms with Gasteiger partial charge in [-0.15, -0.1) is 0 Å². The van der Waals surface area contributed by atoms with Gasteiger partial charge in [-0.1, -0.05) is 13.8 Å². The van der Waals surface area contributed by atoms with Crippen LogP contribution in [0.5, 0.6) is 0 Å². The second-order valence-electron chi connectivity index (χ2n) is 3.93. The summed E-state index contributed by atoms with van der Waals surface area (Å²) in [7, 11) is 0. The average Bonchev–Trinajstić information content (AvgIpc) is 2.83. The lowest BCUT2D eigenvalue weighted by atomic mass is 10.2. The van der Waals surface area contributed by atoms with Crippen molar-refractivity contribution >= 4 is 17.3 Å². The molecule has 6 nitrogen and oxygen atoms in total. The van der Waals surface area contributed by atoms with E-state index in [0.717, 1.165) is 24.3 Å². The minimum absolute atomic E-state index is 0.399. The van der Waals surface area contributed by atoms with E-state index in [4.69, 9.17) is 5.84 Å². The largest absolute Gasteiger partial charge is 0.364 e. The van der Waals surface area contributed by atoms with Gasteiger partial charge >= 0.3 is 0 Å². The molecule has 0 aliphatic carbocycles. The number of nitrogens with zero attached hydrogens (tertiary/aromatic N) is 3. The fraction of sp³-hybridized carbons (Fsp3) is 0.455. The van der Waals surface area contributed by atoms with E-state index in [1.54, 1.807) is 12.4 Å². The van der Waals surface area contributed by atoms with E-state index >= 15 is 0 Å². The number of rotatable bonds is 5. The molecule has 17 heavy (non-hydrogen) atoms. The first-order valence-electron chi connectivity index (χ1n) is 5.85. The standard InChI is InChI=1S/C11H18N6/c1-3-8(4-2)14-10-11-13-5-6-17(11)7-9(15-10)16-12/h5-8,16H,3-4,12H2,1-2H3,(H,14,15). The van der Waals surface area contributed by atoms with E-state index in [1.807, 2.05) is 10.6 Å². The third-order valence-electron chi connectivity index (χ3n) is 2.85. The van der Waals surface area contributed by atoms with E-state index in [1.165, 1.54) is 0 Å². The monoisotopic (exact) mass is 234 g/mol. The van der Waals surface area contributed by atoms with Gasteiger partial charge in [0, 0.05) is 18.4 Å². The quantitative estimate of drug-likeness (QED) is 0.541. The summed E-state index contributed by atoms with van der Waals surface area (Å²) < 4.78 is 1.90. The molecular formula is C11H18N6. The Morgan fingerprint density at radius 1 is 1.41 bits per heavy atom. The Hall–Kier alpha value is -1.82. The second-order valence-corrected chi connectivity index (χ2v) is 3.93. The Bertz CT molecular complexity index is 488. The van der Waals surface area contributed by atoms with Crippen molar-refractivity contribution in [2.45, 2.75) is 32.7 Å². The summed E-state index contributed by atoms with van der Waals surface area (Å²) in [6.07, 6.45) is 7.52. The van der Waals surface area contributed by atoms with Gasteiger partial charge in [0.05, 0.1) is 6.20 Å². The Labute approximate surface area is 100 Å². The highest BCUT2D eigenvalue weighted by atomic mass is 15.3. The highest BCUT2D eigenvalue weighted by Crippen LogP contribution is 2.18. The predicted molar refractivity (Wildman–Crippen MR) is 68.8 cm³/mol. The molecule has 2 aromatic rings. The van der Waals surface area contributed by atoms with Crippen molar-refractivity contribution in [3.8, 4) is 0 Å². The van der Waals surface area contributed by atoms with Gasteiger partial charge in [0.25, 0.3) is 0 Å². The van der Waals surface area contributed by atoms with Crippen LogP contribution in [0.3, 0.4) is 0 Å². The second kappa shape index (κ2) is 5.01. The minimum atomic E-state index is 0.399. The van der Waals surface area contributed by atoms with Gasteiger partial charge in [-0.25, -0.2) is 15.8 Å². The van der Waals surface area contributed by atoms with Gasteiger partial charge in [-0.2, -0.15) is 0 Å². The first kappa shape index (κ1) is 11.7. The molecule has 0 unspecified atom stereocenters. The number of aromatic nitrogens is 3. The first-order chi connectivity index (χ1) is 8.28. The van der Waals surface area contributed by atoms with Gasteiger partial charge in [0.2, 0.25) is 0 Å². The number of hydrogen-bond acceptors (Lipinski definition) is 5. The van der Waals surface area contributed by atoms with E-state index in [9.17, 15) is 0 Å². The zero-order chi connectivity index (χ0) is 12.3. The summed E-state index contributed by atoms with van der Waals surface area (Å²) in [5.74, 6) is 6.78. The zero-order valence-corrected chi connectivity index (χ0v) is 10.1. The normalized spacial score (nSPS) is 11.1. The van der Waals surface area contributed by atoms with E-state index in [2.05, 4.69) is 34.6 Å². The lowest BCUT2D eigenvalue weighted by Gasteiger charge is -2.16. The van der Waals surface area contributed by atoms with E-state index < -0.39 is 0 Å². The molecule has 2 heterocycles. The van der Waals surface area contributed by atoms with Crippen molar-refractivity contribution in [2.24, 2.45) is 5.84 Å². The number of anilines is 2. The van der Waals surface area contributed by atoms with Gasteiger partial charge < -0.3 is 15.1 Å². The molecule has 0 fully saturated rings. The number of nitrogens with two attached hydrogens (primary N) is 1. The summed E-state index contributed by atoms with van der Waals surface area (Å²) in [6.45, 7) is 4.30. The number of fused-ring (bicyclic) bond motifs is 1. The lowest BCUT2D eigenvalue weighted by molar-refractivity contribution is 0.669. The molecule has 0 bridgehead atoms. The van der Waals surface area contributed by atoms with Gasteiger partial charge in [0.15, 0.2) is 17.3 Å².